The van der Waals surface area contributed by atoms with E-state index in [1.54, 1.807) is 40.5 Å². The number of rotatable bonds is 7. The average molecular weight is 545 g/mol. The lowest BCUT2D eigenvalue weighted by Gasteiger charge is -2.14. The van der Waals surface area contributed by atoms with E-state index in [4.69, 9.17) is 23.2 Å². The summed E-state index contributed by atoms with van der Waals surface area (Å²) >= 11 is 14.7. The zero-order valence-electron chi connectivity index (χ0n) is 16.8. The van der Waals surface area contributed by atoms with Crippen molar-refractivity contribution in [1.82, 2.24) is 14.5 Å². The Kier molecular flexibility index (Phi) is 7.36. The van der Waals surface area contributed by atoms with E-state index in [-0.39, 0.29) is 17.4 Å². The number of ether oxygens (including phenoxy) is 1. The fourth-order valence-electron chi connectivity index (χ4n) is 2.91. The molecule has 0 radical (unpaired) electrons. The molecule has 2 aromatic carbocycles. The molecule has 2 aromatic heterocycles. The lowest BCUT2D eigenvalue weighted by Crippen LogP contribution is -2.17. The lowest BCUT2D eigenvalue weighted by molar-refractivity contribution is -0.274. The first-order chi connectivity index (χ1) is 16.2. The van der Waals surface area contributed by atoms with Crippen LogP contribution in [-0.2, 0) is 4.79 Å². The molecule has 1 N–H and O–H groups in total. The number of benzene rings is 2. The largest absolute Gasteiger partial charge is 0.573 e. The number of halogens is 5. The maximum absolute atomic E-state index is 12.5. The summed E-state index contributed by atoms with van der Waals surface area (Å²) in [5.74, 6) is -0.601. The molecule has 6 nitrogen and oxygen atoms in total. The van der Waals surface area contributed by atoms with Crippen molar-refractivity contribution in [3.8, 4) is 22.7 Å². The maximum atomic E-state index is 12.5. The highest BCUT2D eigenvalue weighted by Crippen LogP contribution is 2.34. The van der Waals surface area contributed by atoms with Crippen LogP contribution in [0.3, 0.4) is 0 Å². The number of thiazole rings is 1. The number of nitrogens with zero attached hydrogens (tertiary/aromatic N) is 3. The van der Waals surface area contributed by atoms with Crippen LogP contribution in [-0.4, -0.2) is 32.6 Å². The van der Waals surface area contributed by atoms with Crippen LogP contribution in [0.15, 0.2) is 65.4 Å². The predicted octanol–water partition coefficient (Wildman–Crippen LogP) is 6.93. The van der Waals surface area contributed by atoms with Crippen molar-refractivity contribution >= 4 is 57.3 Å². The minimum Gasteiger partial charge on any atom is -0.406 e. The molecule has 4 aromatic rings. The highest BCUT2D eigenvalue weighted by Gasteiger charge is 2.31. The summed E-state index contributed by atoms with van der Waals surface area (Å²) < 4.78 is 43.3. The molecule has 0 bridgehead atoms. The molecular weight excluding hydrogens is 532 g/mol. The second-order valence-electron chi connectivity index (χ2n) is 6.61. The Balaban J connectivity index is 1.65. The summed E-state index contributed by atoms with van der Waals surface area (Å²) in [5.41, 5.74) is 1.79. The zero-order chi connectivity index (χ0) is 24.3. The number of aromatic nitrogens is 3. The summed E-state index contributed by atoms with van der Waals surface area (Å²) in [6, 6.07) is 10.4. The first-order valence-corrected chi connectivity index (χ1v) is 12.0. The van der Waals surface area contributed by atoms with Crippen molar-refractivity contribution in [2.24, 2.45) is 0 Å². The highest BCUT2D eigenvalue weighted by molar-refractivity contribution is 7.99. The third kappa shape index (κ3) is 6.03. The normalized spacial score (nSPS) is 11.4. The van der Waals surface area contributed by atoms with E-state index in [0.29, 0.717) is 37.3 Å². The Morgan fingerprint density at radius 2 is 1.88 bits per heavy atom. The van der Waals surface area contributed by atoms with Gasteiger partial charge in [0.05, 0.1) is 27.7 Å². The summed E-state index contributed by atoms with van der Waals surface area (Å²) in [7, 11) is 0. The van der Waals surface area contributed by atoms with Crippen molar-refractivity contribution in [1.29, 1.82) is 0 Å². The molecular formula is C21H13Cl2F3N4O2S2. The van der Waals surface area contributed by atoms with E-state index >= 15 is 0 Å². The number of imidazole rings is 1. The second-order valence-corrected chi connectivity index (χ2v) is 9.26. The third-order valence-corrected chi connectivity index (χ3v) is 6.66. The molecule has 0 saturated heterocycles. The molecule has 1 amide bonds. The Morgan fingerprint density at radius 3 is 2.53 bits per heavy atom. The Labute approximate surface area is 209 Å². The predicted molar refractivity (Wildman–Crippen MR) is 127 cm³/mol. The van der Waals surface area contributed by atoms with Crippen LogP contribution in [0.25, 0.3) is 16.9 Å². The van der Waals surface area contributed by atoms with Gasteiger partial charge < -0.3 is 10.1 Å². The molecule has 0 fully saturated rings. The molecule has 176 valence electrons. The fraction of sp³-hybridized carbons (Fsp3) is 0.0952. The number of hydrogen-bond donors (Lipinski definition) is 1. The first kappa shape index (κ1) is 24.4. The van der Waals surface area contributed by atoms with Gasteiger partial charge >= 0.3 is 6.36 Å². The van der Waals surface area contributed by atoms with Gasteiger partial charge in [-0.2, -0.15) is 0 Å². The van der Waals surface area contributed by atoms with Gasteiger partial charge in [0.2, 0.25) is 5.91 Å². The maximum Gasteiger partial charge on any atom is 0.573 e. The second kappa shape index (κ2) is 10.3. The van der Waals surface area contributed by atoms with E-state index in [1.165, 1.54) is 35.6 Å². The third-order valence-electron chi connectivity index (χ3n) is 4.28. The minimum absolute atomic E-state index is 0.0344. The van der Waals surface area contributed by atoms with Crippen LogP contribution < -0.4 is 10.1 Å². The minimum atomic E-state index is -4.80. The summed E-state index contributed by atoms with van der Waals surface area (Å²) in [6.07, 6.45) is -1.63. The zero-order valence-corrected chi connectivity index (χ0v) is 20.0. The summed E-state index contributed by atoms with van der Waals surface area (Å²) in [4.78, 5) is 20.7. The highest BCUT2D eigenvalue weighted by atomic mass is 35.5. The first-order valence-electron chi connectivity index (χ1n) is 9.41. The summed E-state index contributed by atoms with van der Waals surface area (Å²) in [5, 5.41) is 6.06. The van der Waals surface area contributed by atoms with E-state index in [0.717, 1.165) is 11.8 Å². The fourth-order valence-corrected chi connectivity index (χ4v) is 4.55. The SMILES string of the molecule is O=C(CSc1ncc(-c2ccc(Cl)c(Cl)c2)n1-c1ccc(OC(F)(F)F)cc1)Nc1nccs1. The van der Waals surface area contributed by atoms with E-state index in [9.17, 15) is 18.0 Å². The number of alkyl halides is 3. The average Bonchev–Trinajstić information content (AvgIpc) is 3.43. The number of nitrogens with one attached hydrogen (secondary N) is 1. The molecule has 0 saturated carbocycles. The van der Waals surface area contributed by atoms with Crippen molar-refractivity contribution in [2.75, 3.05) is 11.1 Å². The number of anilines is 1. The van der Waals surface area contributed by atoms with Crippen LogP contribution in [0.4, 0.5) is 18.3 Å². The lowest BCUT2D eigenvalue weighted by atomic mass is 10.1. The molecule has 2 heterocycles. The van der Waals surface area contributed by atoms with Crippen molar-refractivity contribution < 1.29 is 22.7 Å². The molecule has 0 spiro atoms. The molecule has 13 heteroatoms. The van der Waals surface area contributed by atoms with Gasteiger partial charge in [0, 0.05) is 22.8 Å². The van der Waals surface area contributed by atoms with Crippen LogP contribution in [0.1, 0.15) is 0 Å². The number of amides is 1. The van der Waals surface area contributed by atoms with Gasteiger partial charge in [-0.1, -0.05) is 41.0 Å². The number of hydrogen-bond acceptors (Lipinski definition) is 6. The molecule has 0 aliphatic rings. The monoisotopic (exact) mass is 544 g/mol. The number of carbonyl (C=O) groups is 1. The van der Waals surface area contributed by atoms with Crippen molar-refractivity contribution in [3.05, 3.63) is 70.3 Å². The van der Waals surface area contributed by atoms with Gasteiger partial charge in [-0.15, -0.1) is 24.5 Å². The van der Waals surface area contributed by atoms with Crippen LogP contribution >= 0.6 is 46.3 Å². The van der Waals surface area contributed by atoms with Gasteiger partial charge in [-0.25, -0.2) is 9.97 Å². The number of carbonyl (C=O) groups excluding carboxylic acids is 1. The Bertz CT molecular complexity index is 1300. The quantitative estimate of drug-likeness (QED) is 0.255. The van der Waals surface area contributed by atoms with Gasteiger partial charge in [0.1, 0.15) is 5.75 Å². The summed E-state index contributed by atoms with van der Waals surface area (Å²) in [6.45, 7) is 0. The molecule has 0 atom stereocenters. The molecule has 0 aliphatic heterocycles. The van der Waals surface area contributed by atoms with Crippen molar-refractivity contribution in [2.45, 2.75) is 11.5 Å². The number of thioether (sulfide) groups is 1. The Morgan fingerprint density at radius 1 is 1.12 bits per heavy atom. The molecule has 0 aliphatic carbocycles. The topological polar surface area (TPSA) is 69.0 Å². The van der Waals surface area contributed by atoms with E-state index in [1.807, 2.05) is 0 Å². The van der Waals surface area contributed by atoms with Crippen LogP contribution in [0, 0.1) is 0 Å². The van der Waals surface area contributed by atoms with Crippen LogP contribution in [0.5, 0.6) is 5.75 Å². The van der Waals surface area contributed by atoms with Gasteiger partial charge in [0.15, 0.2) is 10.3 Å². The molecule has 4 rings (SSSR count). The van der Waals surface area contributed by atoms with Gasteiger partial charge in [-0.05, 0) is 36.4 Å². The molecule has 34 heavy (non-hydrogen) atoms. The van der Waals surface area contributed by atoms with Gasteiger partial charge in [-0.3, -0.25) is 9.36 Å². The Hall–Kier alpha value is -2.73. The van der Waals surface area contributed by atoms with E-state index < -0.39 is 6.36 Å². The van der Waals surface area contributed by atoms with E-state index in [2.05, 4.69) is 20.0 Å². The van der Waals surface area contributed by atoms with Crippen molar-refractivity contribution in [3.63, 3.8) is 0 Å². The van der Waals surface area contributed by atoms with Crippen LogP contribution in [0.2, 0.25) is 10.0 Å². The van der Waals surface area contributed by atoms with Gasteiger partial charge in [0.25, 0.3) is 0 Å². The molecule has 0 unspecified atom stereocenters. The standard InChI is InChI=1S/C21H13Cl2F3N4O2S2/c22-15-6-1-12(9-16(15)23)17-10-28-20(34-11-18(31)29-19-27-7-8-33-19)30(17)13-2-4-14(5-3-13)32-21(24,25)26/h1-10H,11H2,(H,27,29,31). The smallest absolute Gasteiger partial charge is 0.406 e.